The highest BCUT2D eigenvalue weighted by atomic mass is 32.1. The number of rotatable bonds is 3. The lowest BCUT2D eigenvalue weighted by atomic mass is 10.2. The molecule has 1 nitrogen and oxygen atoms in total. The predicted octanol–water partition coefficient (Wildman–Crippen LogP) is 4.62. The molecule has 0 atom stereocenters. The van der Waals surface area contributed by atoms with Crippen LogP contribution in [0.3, 0.4) is 0 Å². The number of thiophene rings is 1. The Hall–Kier alpha value is -1.87. The smallest absolute Gasteiger partial charge is 0.140 e. The van der Waals surface area contributed by atoms with Crippen molar-refractivity contribution in [1.82, 2.24) is 0 Å². The minimum absolute atomic E-state index is 0.163. The first-order valence-electron chi connectivity index (χ1n) is 5.67. The van der Waals surface area contributed by atoms with E-state index in [1.165, 1.54) is 17.4 Å². The van der Waals surface area contributed by atoms with Gasteiger partial charge >= 0.3 is 0 Å². The van der Waals surface area contributed by atoms with Crippen LogP contribution in [0.5, 0.6) is 5.75 Å². The van der Waals surface area contributed by atoms with Crippen molar-refractivity contribution in [1.29, 1.82) is 0 Å². The zero-order chi connectivity index (χ0) is 12.4. The maximum atomic E-state index is 13.5. The number of halogens is 1. The minimum atomic E-state index is -0.163. The topological polar surface area (TPSA) is 9.23 Å². The molecule has 0 radical (unpaired) electrons. The lowest BCUT2D eigenvalue weighted by molar-refractivity contribution is 0.308. The molecule has 0 saturated carbocycles. The van der Waals surface area contributed by atoms with Gasteiger partial charge in [-0.05, 0) is 23.6 Å². The van der Waals surface area contributed by atoms with Crippen molar-refractivity contribution < 1.29 is 9.13 Å². The molecule has 3 aromatic rings. The van der Waals surface area contributed by atoms with E-state index in [2.05, 4.69) is 0 Å². The van der Waals surface area contributed by atoms with Gasteiger partial charge in [0, 0.05) is 10.9 Å². The Kier molecular flexibility index (Phi) is 2.99. The van der Waals surface area contributed by atoms with E-state index in [1.807, 2.05) is 41.8 Å². The minimum Gasteiger partial charge on any atom is -0.489 e. The Bertz CT molecular complexity index is 661. The van der Waals surface area contributed by atoms with Gasteiger partial charge in [0.1, 0.15) is 18.2 Å². The number of benzene rings is 2. The third-order valence-corrected chi connectivity index (χ3v) is 3.82. The molecule has 0 aliphatic carbocycles. The van der Waals surface area contributed by atoms with Crippen molar-refractivity contribution in [2.45, 2.75) is 6.61 Å². The molecule has 2 aromatic carbocycles. The van der Waals surface area contributed by atoms with Gasteiger partial charge in [0.05, 0.1) is 4.70 Å². The van der Waals surface area contributed by atoms with Gasteiger partial charge in [-0.15, -0.1) is 11.3 Å². The van der Waals surface area contributed by atoms with E-state index in [1.54, 1.807) is 6.07 Å². The maximum Gasteiger partial charge on any atom is 0.140 e. The summed E-state index contributed by atoms with van der Waals surface area (Å²) in [5, 5.41) is 2.90. The standard InChI is InChI=1S/C15H11FOS/c16-14-8-4-7-13-11(10-18-15(13)14)9-17-12-5-2-1-3-6-12/h1-8,10H,9H2. The molecule has 0 bridgehead atoms. The second-order valence-electron chi connectivity index (χ2n) is 3.98. The number of para-hydroxylation sites is 1. The third-order valence-electron chi connectivity index (χ3n) is 2.77. The van der Waals surface area contributed by atoms with Crippen molar-refractivity contribution in [3.8, 4) is 5.75 Å². The molecule has 0 N–H and O–H groups in total. The Balaban J connectivity index is 1.85. The average molecular weight is 258 g/mol. The van der Waals surface area contributed by atoms with Crippen LogP contribution in [0.1, 0.15) is 5.56 Å². The van der Waals surface area contributed by atoms with E-state index >= 15 is 0 Å². The quantitative estimate of drug-likeness (QED) is 0.666. The van der Waals surface area contributed by atoms with Crippen LogP contribution in [0, 0.1) is 5.82 Å². The molecule has 0 unspecified atom stereocenters. The molecule has 1 aromatic heterocycles. The van der Waals surface area contributed by atoms with Crippen molar-refractivity contribution in [2.24, 2.45) is 0 Å². The molecular weight excluding hydrogens is 247 g/mol. The van der Waals surface area contributed by atoms with Gasteiger partial charge in [-0.2, -0.15) is 0 Å². The van der Waals surface area contributed by atoms with Crippen LogP contribution in [0.15, 0.2) is 53.9 Å². The van der Waals surface area contributed by atoms with Crippen molar-refractivity contribution in [2.75, 3.05) is 0 Å². The molecule has 3 rings (SSSR count). The second kappa shape index (κ2) is 4.78. The van der Waals surface area contributed by atoms with E-state index in [0.29, 0.717) is 11.3 Å². The van der Waals surface area contributed by atoms with Crippen molar-refractivity contribution in [3.63, 3.8) is 0 Å². The summed E-state index contributed by atoms with van der Waals surface area (Å²) in [5.41, 5.74) is 1.03. The summed E-state index contributed by atoms with van der Waals surface area (Å²) in [6.07, 6.45) is 0. The maximum absolute atomic E-state index is 13.5. The first-order chi connectivity index (χ1) is 8.84. The number of hydrogen-bond acceptors (Lipinski definition) is 2. The lowest BCUT2D eigenvalue weighted by Crippen LogP contribution is -1.93. The highest BCUT2D eigenvalue weighted by molar-refractivity contribution is 7.17. The van der Waals surface area contributed by atoms with Crippen LogP contribution < -0.4 is 4.74 Å². The third kappa shape index (κ3) is 2.09. The van der Waals surface area contributed by atoms with Crippen LogP contribution >= 0.6 is 11.3 Å². The summed E-state index contributed by atoms with van der Waals surface area (Å²) in [6.45, 7) is 0.466. The highest BCUT2D eigenvalue weighted by Gasteiger charge is 2.07. The number of hydrogen-bond donors (Lipinski definition) is 0. The molecule has 3 heteroatoms. The van der Waals surface area contributed by atoms with Crippen LogP contribution in [0.25, 0.3) is 10.1 Å². The van der Waals surface area contributed by atoms with E-state index < -0.39 is 0 Å². The predicted molar refractivity (Wildman–Crippen MR) is 72.6 cm³/mol. The summed E-state index contributed by atoms with van der Waals surface area (Å²) in [4.78, 5) is 0. The summed E-state index contributed by atoms with van der Waals surface area (Å²) in [6, 6.07) is 14.8. The first kappa shape index (κ1) is 11.2. The van der Waals surface area contributed by atoms with E-state index in [4.69, 9.17) is 4.74 Å². The summed E-state index contributed by atoms with van der Waals surface area (Å²) in [5.74, 6) is 0.664. The van der Waals surface area contributed by atoms with Crippen molar-refractivity contribution >= 4 is 21.4 Å². The zero-order valence-corrected chi connectivity index (χ0v) is 10.4. The van der Waals surface area contributed by atoms with Gasteiger partial charge in [0.15, 0.2) is 0 Å². The molecule has 0 amide bonds. The Labute approximate surface area is 108 Å². The van der Waals surface area contributed by atoms with Crippen LogP contribution in [-0.2, 0) is 6.61 Å². The first-order valence-corrected chi connectivity index (χ1v) is 6.55. The van der Waals surface area contributed by atoms with Crippen LogP contribution in [-0.4, -0.2) is 0 Å². The fraction of sp³-hybridized carbons (Fsp3) is 0.0667. The summed E-state index contributed by atoms with van der Waals surface area (Å²) >= 11 is 1.42. The molecular formula is C15H11FOS. The van der Waals surface area contributed by atoms with Gasteiger partial charge in [0.2, 0.25) is 0 Å². The molecule has 1 heterocycles. The van der Waals surface area contributed by atoms with Gasteiger partial charge in [-0.3, -0.25) is 0 Å². The Morgan fingerprint density at radius 3 is 2.67 bits per heavy atom. The molecule has 0 saturated heterocycles. The fourth-order valence-electron chi connectivity index (χ4n) is 1.86. The Morgan fingerprint density at radius 1 is 1.00 bits per heavy atom. The van der Waals surface area contributed by atoms with E-state index in [9.17, 15) is 4.39 Å². The number of fused-ring (bicyclic) bond motifs is 1. The zero-order valence-electron chi connectivity index (χ0n) is 9.60. The molecule has 0 fully saturated rings. The summed E-state index contributed by atoms with van der Waals surface area (Å²) < 4.78 is 19.9. The molecule has 0 spiro atoms. The normalized spacial score (nSPS) is 10.7. The average Bonchev–Trinajstić information content (AvgIpc) is 2.82. The van der Waals surface area contributed by atoms with E-state index in [0.717, 1.165) is 16.7 Å². The molecule has 0 aliphatic heterocycles. The van der Waals surface area contributed by atoms with Crippen LogP contribution in [0.4, 0.5) is 4.39 Å². The molecule has 18 heavy (non-hydrogen) atoms. The molecule has 0 aliphatic rings. The van der Waals surface area contributed by atoms with Gasteiger partial charge in [-0.1, -0.05) is 30.3 Å². The lowest BCUT2D eigenvalue weighted by Gasteiger charge is -2.04. The number of ether oxygens (including phenoxy) is 1. The van der Waals surface area contributed by atoms with Gasteiger partial charge < -0.3 is 4.74 Å². The second-order valence-corrected chi connectivity index (χ2v) is 4.86. The largest absolute Gasteiger partial charge is 0.489 e. The van der Waals surface area contributed by atoms with Gasteiger partial charge in [0.25, 0.3) is 0 Å². The SMILES string of the molecule is Fc1cccc2c(COc3ccccc3)csc12. The fourth-order valence-corrected chi connectivity index (χ4v) is 2.83. The van der Waals surface area contributed by atoms with Gasteiger partial charge in [-0.25, -0.2) is 4.39 Å². The van der Waals surface area contributed by atoms with Crippen molar-refractivity contribution in [3.05, 3.63) is 65.3 Å². The van der Waals surface area contributed by atoms with Crippen LogP contribution in [0.2, 0.25) is 0 Å². The summed E-state index contributed by atoms with van der Waals surface area (Å²) in [7, 11) is 0. The molecule has 90 valence electrons. The van der Waals surface area contributed by atoms with E-state index in [-0.39, 0.29) is 5.82 Å². The Morgan fingerprint density at radius 2 is 1.83 bits per heavy atom. The monoisotopic (exact) mass is 258 g/mol. The highest BCUT2D eigenvalue weighted by Crippen LogP contribution is 2.29.